The van der Waals surface area contributed by atoms with Gasteiger partial charge in [0.25, 0.3) is 5.91 Å². The van der Waals surface area contributed by atoms with Crippen LogP contribution < -0.4 is 16.0 Å². The van der Waals surface area contributed by atoms with Gasteiger partial charge in [0.05, 0.1) is 5.69 Å². The zero-order chi connectivity index (χ0) is 19.4. The average molecular weight is 445 g/mol. The largest absolute Gasteiger partial charge is 0.325 e. The van der Waals surface area contributed by atoms with Gasteiger partial charge in [0, 0.05) is 15.8 Å². The summed E-state index contributed by atoms with van der Waals surface area (Å²) in [4.78, 5) is 29.4. The van der Waals surface area contributed by atoms with E-state index in [1.165, 1.54) is 0 Å². The van der Waals surface area contributed by atoms with Gasteiger partial charge in [-0.05, 0) is 49.7 Å². The number of hydrogen-bond donors (Lipinski definition) is 3. The van der Waals surface area contributed by atoms with Gasteiger partial charge in [-0.3, -0.25) is 10.1 Å². The molecule has 0 radical (unpaired) electrons. The molecule has 8 heteroatoms. The van der Waals surface area contributed by atoms with Gasteiger partial charge in [-0.15, -0.1) is 0 Å². The van der Waals surface area contributed by atoms with Crippen molar-refractivity contribution < 1.29 is 9.59 Å². The fourth-order valence-corrected chi connectivity index (χ4v) is 3.72. The van der Waals surface area contributed by atoms with Gasteiger partial charge in [0.15, 0.2) is 5.13 Å². The molecular formula is C19H17BrN4O2S. The van der Waals surface area contributed by atoms with Crippen LogP contribution in [-0.4, -0.2) is 16.9 Å². The van der Waals surface area contributed by atoms with Gasteiger partial charge < -0.3 is 10.6 Å². The SMILES string of the molecule is Cc1cc(Br)ccc1NC(=O)c1sc(NC(=O)Nc2ccccc2)nc1C. The summed E-state index contributed by atoms with van der Waals surface area (Å²) in [6.45, 7) is 3.65. The molecule has 0 aliphatic carbocycles. The molecule has 0 aliphatic heterocycles. The molecule has 0 saturated heterocycles. The second-order valence-corrected chi connectivity index (χ2v) is 7.71. The lowest BCUT2D eigenvalue weighted by Gasteiger charge is -2.07. The Bertz CT molecular complexity index is 989. The molecule has 3 rings (SSSR count). The normalized spacial score (nSPS) is 10.3. The first-order chi connectivity index (χ1) is 12.9. The number of amides is 3. The summed E-state index contributed by atoms with van der Waals surface area (Å²) in [6.07, 6.45) is 0. The summed E-state index contributed by atoms with van der Waals surface area (Å²) in [5.41, 5.74) is 2.90. The Morgan fingerprint density at radius 3 is 2.44 bits per heavy atom. The monoisotopic (exact) mass is 444 g/mol. The summed E-state index contributed by atoms with van der Waals surface area (Å²) < 4.78 is 0.947. The topological polar surface area (TPSA) is 83.1 Å². The Morgan fingerprint density at radius 1 is 1.00 bits per heavy atom. The van der Waals surface area contributed by atoms with Crippen molar-refractivity contribution in [3.8, 4) is 0 Å². The number of carbonyl (C=O) groups is 2. The number of benzene rings is 2. The van der Waals surface area contributed by atoms with Crippen LogP contribution in [0.25, 0.3) is 0 Å². The molecule has 0 unspecified atom stereocenters. The van der Waals surface area contributed by atoms with E-state index in [-0.39, 0.29) is 5.91 Å². The number of rotatable bonds is 4. The van der Waals surface area contributed by atoms with E-state index in [0.29, 0.717) is 21.4 Å². The van der Waals surface area contributed by atoms with Crippen LogP contribution in [0.1, 0.15) is 20.9 Å². The Labute approximate surface area is 169 Å². The smallest absolute Gasteiger partial charge is 0.321 e. The van der Waals surface area contributed by atoms with Crippen molar-refractivity contribution in [3.05, 3.63) is 69.1 Å². The van der Waals surface area contributed by atoms with Crippen molar-refractivity contribution in [2.45, 2.75) is 13.8 Å². The van der Waals surface area contributed by atoms with Crippen molar-refractivity contribution >= 4 is 55.7 Å². The maximum atomic E-state index is 12.6. The van der Waals surface area contributed by atoms with Gasteiger partial charge >= 0.3 is 6.03 Å². The summed E-state index contributed by atoms with van der Waals surface area (Å²) in [7, 11) is 0. The minimum absolute atomic E-state index is 0.257. The van der Waals surface area contributed by atoms with Gasteiger partial charge in [0.2, 0.25) is 0 Å². The van der Waals surface area contributed by atoms with Crippen LogP contribution in [0.15, 0.2) is 53.0 Å². The molecule has 27 heavy (non-hydrogen) atoms. The van der Waals surface area contributed by atoms with Crippen LogP contribution >= 0.6 is 27.3 Å². The highest BCUT2D eigenvalue weighted by molar-refractivity contribution is 9.10. The van der Waals surface area contributed by atoms with E-state index in [1.54, 1.807) is 19.1 Å². The maximum absolute atomic E-state index is 12.6. The van der Waals surface area contributed by atoms with E-state index >= 15 is 0 Å². The minimum Gasteiger partial charge on any atom is -0.321 e. The zero-order valence-corrected chi connectivity index (χ0v) is 17.1. The molecule has 3 amide bonds. The molecule has 3 N–H and O–H groups in total. The van der Waals surface area contributed by atoms with Gasteiger partial charge in [-0.25, -0.2) is 9.78 Å². The highest BCUT2D eigenvalue weighted by Crippen LogP contribution is 2.26. The molecular weight excluding hydrogens is 428 g/mol. The molecule has 0 saturated carbocycles. The number of aromatic nitrogens is 1. The van der Waals surface area contributed by atoms with Crippen molar-refractivity contribution in [1.82, 2.24) is 4.98 Å². The van der Waals surface area contributed by atoms with Crippen LogP contribution in [0, 0.1) is 13.8 Å². The van der Waals surface area contributed by atoms with E-state index < -0.39 is 6.03 Å². The Kier molecular flexibility index (Phi) is 5.88. The van der Waals surface area contributed by atoms with Gasteiger partial charge in [-0.2, -0.15) is 0 Å². The highest BCUT2D eigenvalue weighted by atomic mass is 79.9. The highest BCUT2D eigenvalue weighted by Gasteiger charge is 2.17. The lowest BCUT2D eigenvalue weighted by atomic mass is 10.2. The van der Waals surface area contributed by atoms with Crippen LogP contribution in [0.4, 0.5) is 21.3 Å². The first kappa shape index (κ1) is 19.1. The number of nitrogens with zero attached hydrogens (tertiary/aromatic N) is 1. The molecule has 138 valence electrons. The fourth-order valence-electron chi connectivity index (χ4n) is 2.39. The number of aryl methyl sites for hydroxylation is 2. The molecule has 0 bridgehead atoms. The quantitative estimate of drug-likeness (QED) is 0.502. The summed E-state index contributed by atoms with van der Waals surface area (Å²) in [6, 6.07) is 14.3. The molecule has 1 aromatic heterocycles. The number of halogens is 1. The zero-order valence-electron chi connectivity index (χ0n) is 14.7. The van der Waals surface area contributed by atoms with Crippen molar-refractivity contribution in [1.29, 1.82) is 0 Å². The Hall–Kier alpha value is -2.71. The molecule has 0 fully saturated rings. The second-order valence-electron chi connectivity index (χ2n) is 5.79. The van der Waals surface area contributed by atoms with E-state index in [0.717, 1.165) is 27.1 Å². The van der Waals surface area contributed by atoms with Gasteiger partial charge in [0.1, 0.15) is 4.88 Å². The fraction of sp³-hybridized carbons (Fsp3) is 0.105. The number of anilines is 3. The van der Waals surface area contributed by atoms with E-state index in [4.69, 9.17) is 0 Å². The van der Waals surface area contributed by atoms with E-state index in [2.05, 4.69) is 36.9 Å². The van der Waals surface area contributed by atoms with Crippen LogP contribution in [0.3, 0.4) is 0 Å². The summed E-state index contributed by atoms with van der Waals surface area (Å²) in [5, 5.41) is 8.62. The molecule has 3 aromatic rings. The molecule has 1 heterocycles. The predicted molar refractivity (Wildman–Crippen MR) is 113 cm³/mol. The third-order valence-electron chi connectivity index (χ3n) is 3.69. The minimum atomic E-state index is -0.411. The van der Waals surface area contributed by atoms with Crippen LogP contribution in [0.5, 0.6) is 0 Å². The molecule has 0 aliphatic rings. The maximum Gasteiger partial charge on any atom is 0.325 e. The summed E-state index contributed by atoms with van der Waals surface area (Å²) in [5.74, 6) is -0.257. The molecule has 2 aromatic carbocycles. The molecule has 0 spiro atoms. The average Bonchev–Trinajstić information content (AvgIpc) is 2.98. The first-order valence-corrected chi connectivity index (χ1v) is 9.71. The first-order valence-electron chi connectivity index (χ1n) is 8.10. The van der Waals surface area contributed by atoms with E-state index in [1.807, 2.05) is 43.3 Å². The summed E-state index contributed by atoms with van der Waals surface area (Å²) >= 11 is 4.53. The van der Waals surface area contributed by atoms with Crippen LogP contribution in [-0.2, 0) is 0 Å². The predicted octanol–water partition coefficient (Wildman–Crippen LogP) is 5.42. The lowest BCUT2D eigenvalue weighted by molar-refractivity contribution is 0.102. The van der Waals surface area contributed by atoms with Gasteiger partial charge in [-0.1, -0.05) is 45.5 Å². The molecule has 6 nitrogen and oxygen atoms in total. The number of urea groups is 1. The molecule has 0 atom stereocenters. The van der Waals surface area contributed by atoms with Crippen molar-refractivity contribution in [2.75, 3.05) is 16.0 Å². The van der Waals surface area contributed by atoms with Crippen molar-refractivity contribution in [2.24, 2.45) is 0 Å². The third-order valence-corrected chi connectivity index (χ3v) is 5.26. The Morgan fingerprint density at radius 2 is 1.74 bits per heavy atom. The lowest BCUT2D eigenvalue weighted by Crippen LogP contribution is -2.19. The number of hydrogen-bond acceptors (Lipinski definition) is 4. The number of nitrogens with one attached hydrogen (secondary N) is 3. The Balaban J connectivity index is 1.68. The number of thiazole rings is 1. The third kappa shape index (κ3) is 4.93. The number of carbonyl (C=O) groups excluding carboxylic acids is 2. The standard InChI is InChI=1S/C19H17BrN4O2S/c1-11-10-13(20)8-9-15(11)23-17(25)16-12(2)21-19(27-16)24-18(26)22-14-6-4-3-5-7-14/h3-10H,1-2H3,(H,23,25)(H2,21,22,24,26). The van der Waals surface area contributed by atoms with Crippen molar-refractivity contribution in [3.63, 3.8) is 0 Å². The van der Waals surface area contributed by atoms with E-state index in [9.17, 15) is 9.59 Å². The second kappa shape index (κ2) is 8.32. The van der Waals surface area contributed by atoms with Crippen LogP contribution in [0.2, 0.25) is 0 Å². The number of para-hydroxylation sites is 1.